The summed E-state index contributed by atoms with van der Waals surface area (Å²) in [5.74, 6) is 0.695. The summed E-state index contributed by atoms with van der Waals surface area (Å²) in [6, 6.07) is 0. The van der Waals surface area contributed by atoms with Crippen molar-refractivity contribution in [1.82, 2.24) is 24.4 Å². The van der Waals surface area contributed by atoms with E-state index in [0.717, 1.165) is 18.8 Å². The lowest BCUT2D eigenvalue weighted by Crippen LogP contribution is -2.55. The van der Waals surface area contributed by atoms with Gasteiger partial charge in [-0.1, -0.05) is 0 Å². The first-order valence-corrected chi connectivity index (χ1v) is 7.99. The van der Waals surface area contributed by atoms with Crippen LogP contribution < -0.4 is 4.90 Å². The van der Waals surface area contributed by atoms with E-state index in [9.17, 15) is 9.90 Å². The summed E-state index contributed by atoms with van der Waals surface area (Å²) in [5.41, 5.74) is -0.949. The lowest BCUT2D eigenvalue weighted by atomic mass is 9.92. The van der Waals surface area contributed by atoms with Gasteiger partial charge in [-0.15, -0.1) is 0 Å². The molecule has 8 nitrogen and oxygen atoms in total. The number of amides is 1. The van der Waals surface area contributed by atoms with Crippen LogP contribution in [-0.2, 0) is 11.3 Å². The molecule has 0 aliphatic carbocycles. The third kappa shape index (κ3) is 3.88. The summed E-state index contributed by atoms with van der Waals surface area (Å²) < 4.78 is 1.72. The third-order valence-corrected chi connectivity index (χ3v) is 4.26. The highest BCUT2D eigenvalue weighted by molar-refractivity contribution is 5.75. The zero-order valence-electron chi connectivity index (χ0n) is 13.7. The molecule has 128 valence electrons. The van der Waals surface area contributed by atoms with Crippen molar-refractivity contribution in [2.24, 2.45) is 0 Å². The molecule has 1 amide bonds. The minimum absolute atomic E-state index is 0.0574. The van der Waals surface area contributed by atoms with Crippen LogP contribution in [0.4, 0.5) is 5.82 Å². The number of β-amino-alcohol motifs (C(OH)–C–C–N with tert-alkyl or cyclic N) is 1. The Kier molecular flexibility index (Phi) is 4.75. The van der Waals surface area contributed by atoms with E-state index in [1.54, 1.807) is 53.8 Å². The van der Waals surface area contributed by atoms with Gasteiger partial charge in [0.05, 0.1) is 24.7 Å². The number of aromatic nitrogens is 4. The third-order valence-electron chi connectivity index (χ3n) is 4.26. The van der Waals surface area contributed by atoms with Crippen LogP contribution in [0.3, 0.4) is 0 Å². The molecule has 1 N–H and O–H groups in total. The maximum atomic E-state index is 12.3. The zero-order valence-corrected chi connectivity index (χ0v) is 13.7. The Morgan fingerprint density at radius 3 is 2.96 bits per heavy atom. The van der Waals surface area contributed by atoms with Crippen molar-refractivity contribution in [3.05, 3.63) is 37.3 Å². The molecular weight excluding hydrogens is 308 g/mol. The van der Waals surface area contributed by atoms with Gasteiger partial charge in [0.1, 0.15) is 12.4 Å². The second-order valence-electron chi connectivity index (χ2n) is 6.30. The Morgan fingerprint density at radius 2 is 2.25 bits per heavy atom. The Labute approximate surface area is 140 Å². The van der Waals surface area contributed by atoms with Crippen molar-refractivity contribution in [2.75, 3.05) is 31.6 Å². The molecule has 1 fully saturated rings. The predicted molar refractivity (Wildman–Crippen MR) is 88.3 cm³/mol. The van der Waals surface area contributed by atoms with Gasteiger partial charge in [0.25, 0.3) is 0 Å². The van der Waals surface area contributed by atoms with Gasteiger partial charge in [-0.2, -0.15) is 0 Å². The minimum atomic E-state index is -0.949. The number of likely N-dealkylation sites (N-methyl/N-ethyl adjacent to an activating group) is 1. The predicted octanol–water partition coefficient (Wildman–Crippen LogP) is 0.163. The van der Waals surface area contributed by atoms with E-state index < -0.39 is 5.60 Å². The lowest BCUT2D eigenvalue weighted by Gasteiger charge is -2.41. The molecule has 24 heavy (non-hydrogen) atoms. The van der Waals surface area contributed by atoms with Gasteiger partial charge >= 0.3 is 0 Å². The van der Waals surface area contributed by atoms with Crippen molar-refractivity contribution in [2.45, 2.75) is 25.0 Å². The highest BCUT2D eigenvalue weighted by Gasteiger charge is 2.35. The molecule has 1 unspecified atom stereocenters. The lowest BCUT2D eigenvalue weighted by molar-refractivity contribution is -0.134. The van der Waals surface area contributed by atoms with Gasteiger partial charge in [0.15, 0.2) is 0 Å². The number of carbonyl (C=O) groups is 1. The molecule has 8 heteroatoms. The Balaban J connectivity index is 1.61. The SMILES string of the molecule is CN(CC1(O)CCCN(c2cnccn2)C1)C(=O)Cn1ccnc1. The second-order valence-corrected chi connectivity index (χ2v) is 6.30. The van der Waals surface area contributed by atoms with Crippen molar-refractivity contribution < 1.29 is 9.90 Å². The highest BCUT2D eigenvalue weighted by atomic mass is 16.3. The first-order valence-electron chi connectivity index (χ1n) is 7.99. The second kappa shape index (κ2) is 6.96. The van der Waals surface area contributed by atoms with E-state index in [1.165, 1.54) is 0 Å². The van der Waals surface area contributed by atoms with Crippen LogP contribution in [0.15, 0.2) is 37.3 Å². The fraction of sp³-hybridized carbons (Fsp3) is 0.500. The van der Waals surface area contributed by atoms with Crippen molar-refractivity contribution in [3.8, 4) is 0 Å². The summed E-state index contributed by atoms with van der Waals surface area (Å²) in [6.45, 7) is 1.78. The molecule has 1 atom stereocenters. The van der Waals surface area contributed by atoms with Crippen LogP contribution >= 0.6 is 0 Å². The van der Waals surface area contributed by atoms with Gasteiger partial charge in [-0.25, -0.2) is 9.97 Å². The summed E-state index contributed by atoms with van der Waals surface area (Å²) in [4.78, 5) is 28.2. The van der Waals surface area contributed by atoms with Gasteiger partial charge in [0.2, 0.25) is 5.91 Å². The van der Waals surface area contributed by atoms with E-state index in [1.807, 2.05) is 4.90 Å². The minimum Gasteiger partial charge on any atom is -0.386 e. The first kappa shape index (κ1) is 16.4. The number of carbonyl (C=O) groups excluding carboxylic acids is 1. The molecule has 0 bridgehead atoms. The Hall–Kier alpha value is -2.48. The molecule has 1 saturated heterocycles. The van der Waals surface area contributed by atoms with Gasteiger partial charge < -0.3 is 19.5 Å². The molecule has 0 spiro atoms. The summed E-state index contributed by atoms with van der Waals surface area (Å²) in [5, 5.41) is 10.9. The number of piperidine rings is 1. The number of nitrogens with zero attached hydrogens (tertiary/aromatic N) is 6. The first-order chi connectivity index (χ1) is 11.6. The van der Waals surface area contributed by atoms with E-state index in [4.69, 9.17) is 0 Å². The van der Waals surface area contributed by atoms with Gasteiger partial charge in [-0.3, -0.25) is 9.78 Å². The van der Waals surface area contributed by atoms with Crippen LogP contribution in [0, 0.1) is 0 Å². The standard InChI is InChI=1S/C16H22N6O2/c1-20(15(23)10-21-8-6-18-13-21)11-16(24)3-2-7-22(12-16)14-9-17-4-5-19-14/h4-6,8-9,13,24H,2-3,7,10-12H2,1H3. The average Bonchev–Trinajstić information content (AvgIpc) is 3.08. The normalized spacial score (nSPS) is 20.8. The molecule has 1 aliphatic heterocycles. The molecular formula is C16H22N6O2. The van der Waals surface area contributed by atoms with E-state index >= 15 is 0 Å². The number of imidazole rings is 1. The Morgan fingerprint density at radius 1 is 1.38 bits per heavy atom. The van der Waals surface area contributed by atoms with Crippen molar-refractivity contribution >= 4 is 11.7 Å². The highest BCUT2D eigenvalue weighted by Crippen LogP contribution is 2.25. The van der Waals surface area contributed by atoms with Crippen LogP contribution in [0.5, 0.6) is 0 Å². The average molecular weight is 330 g/mol. The number of hydrogen-bond acceptors (Lipinski definition) is 6. The molecule has 0 radical (unpaired) electrons. The molecule has 2 aromatic heterocycles. The van der Waals surface area contributed by atoms with Crippen LogP contribution in [0.25, 0.3) is 0 Å². The van der Waals surface area contributed by atoms with E-state index in [2.05, 4.69) is 15.0 Å². The molecule has 2 aromatic rings. The van der Waals surface area contributed by atoms with E-state index in [0.29, 0.717) is 13.0 Å². The topological polar surface area (TPSA) is 87.4 Å². The van der Waals surface area contributed by atoms with Gasteiger partial charge in [-0.05, 0) is 12.8 Å². The largest absolute Gasteiger partial charge is 0.386 e. The van der Waals surface area contributed by atoms with E-state index in [-0.39, 0.29) is 19.0 Å². The molecule has 0 saturated carbocycles. The fourth-order valence-corrected chi connectivity index (χ4v) is 3.08. The van der Waals surface area contributed by atoms with Crippen molar-refractivity contribution in [1.29, 1.82) is 0 Å². The molecule has 1 aliphatic rings. The number of rotatable bonds is 5. The molecule has 0 aromatic carbocycles. The number of anilines is 1. The maximum Gasteiger partial charge on any atom is 0.242 e. The Bertz CT molecular complexity index is 662. The van der Waals surface area contributed by atoms with Crippen LogP contribution in [0.1, 0.15) is 12.8 Å². The number of hydrogen-bond donors (Lipinski definition) is 1. The molecule has 3 rings (SSSR count). The maximum absolute atomic E-state index is 12.3. The van der Waals surface area contributed by atoms with Crippen molar-refractivity contribution in [3.63, 3.8) is 0 Å². The quantitative estimate of drug-likeness (QED) is 0.840. The van der Waals surface area contributed by atoms with Gasteiger partial charge in [0, 0.05) is 44.9 Å². The number of aliphatic hydroxyl groups is 1. The summed E-state index contributed by atoms with van der Waals surface area (Å²) in [6.07, 6.45) is 11.5. The summed E-state index contributed by atoms with van der Waals surface area (Å²) >= 11 is 0. The smallest absolute Gasteiger partial charge is 0.242 e. The van der Waals surface area contributed by atoms with Crippen LogP contribution in [0.2, 0.25) is 0 Å². The zero-order chi connectivity index (χ0) is 17.0. The molecule has 3 heterocycles. The summed E-state index contributed by atoms with van der Waals surface area (Å²) in [7, 11) is 1.72. The van der Waals surface area contributed by atoms with Crippen LogP contribution in [-0.4, -0.2) is 67.7 Å². The fourth-order valence-electron chi connectivity index (χ4n) is 3.08. The monoisotopic (exact) mass is 330 g/mol.